The quantitative estimate of drug-likeness (QED) is 0.202. The van der Waals surface area contributed by atoms with Gasteiger partial charge in [-0.15, -0.1) is 10.2 Å². The molecule has 136 valence electrons. The molecule has 4 nitrogen and oxygen atoms in total. The Kier molecular flexibility index (Phi) is 13.0. The lowest BCUT2D eigenvalue weighted by Crippen LogP contribution is -1.99. The maximum absolute atomic E-state index is 11.6. The molecule has 0 bridgehead atoms. The Morgan fingerprint density at radius 3 is 2.08 bits per heavy atom. The summed E-state index contributed by atoms with van der Waals surface area (Å²) in [5.74, 6) is 0.107. The second kappa shape index (κ2) is 15.1. The van der Waals surface area contributed by atoms with Gasteiger partial charge in [-0.1, -0.05) is 70.4 Å². The summed E-state index contributed by atoms with van der Waals surface area (Å²) in [7, 11) is 0. The molecule has 1 rings (SSSR count). The van der Waals surface area contributed by atoms with Crippen LogP contribution in [0.25, 0.3) is 0 Å². The second-order valence-corrected chi connectivity index (χ2v) is 6.50. The van der Waals surface area contributed by atoms with Crippen LogP contribution in [0.1, 0.15) is 108 Å². The van der Waals surface area contributed by atoms with Crippen molar-refractivity contribution in [2.75, 3.05) is 0 Å². The van der Waals surface area contributed by atoms with Crippen molar-refractivity contribution in [3.05, 3.63) is 24.4 Å². The van der Waals surface area contributed by atoms with Crippen molar-refractivity contribution >= 4 is 5.78 Å². The average molecular weight is 335 g/mol. The van der Waals surface area contributed by atoms with Gasteiger partial charge in [0.05, 0.1) is 0 Å². The highest BCUT2D eigenvalue weighted by molar-refractivity contribution is 5.91. The largest absolute Gasteiger partial charge is 0.421 e. The first-order chi connectivity index (χ1) is 11.8. The summed E-state index contributed by atoms with van der Waals surface area (Å²) in [6.07, 6.45) is 22.8. The highest BCUT2D eigenvalue weighted by atomic mass is 16.4. The van der Waals surface area contributed by atoms with E-state index >= 15 is 0 Å². The first kappa shape index (κ1) is 20.6. The molecule has 0 aliphatic rings. The van der Waals surface area contributed by atoms with Crippen LogP contribution in [0.4, 0.5) is 0 Å². The van der Waals surface area contributed by atoms with Gasteiger partial charge in [-0.2, -0.15) is 0 Å². The van der Waals surface area contributed by atoms with Gasteiger partial charge in [0.1, 0.15) is 0 Å². The van der Waals surface area contributed by atoms with E-state index in [0.717, 1.165) is 12.8 Å². The van der Waals surface area contributed by atoms with Crippen LogP contribution in [0.5, 0.6) is 0 Å². The molecule has 0 aliphatic heterocycles. The van der Waals surface area contributed by atoms with Crippen LogP contribution in [0.2, 0.25) is 0 Å². The van der Waals surface area contributed by atoms with E-state index in [1.165, 1.54) is 77.0 Å². The van der Waals surface area contributed by atoms with Crippen molar-refractivity contribution in [2.45, 2.75) is 96.8 Å². The number of unbranched alkanes of at least 4 members (excludes halogenated alkanes) is 11. The first-order valence-corrected chi connectivity index (χ1v) is 9.79. The molecule has 0 radical (unpaired) electrons. The van der Waals surface area contributed by atoms with Gasteiger partial charge < -0.3 is 4.42 Å². The lowest BCUT2D eigenvalue weighted by molar-refractivity contribution is 0.0945. The zero-order valence-electron chi connectivity index (χ0n) is 15.3. The molecular formula is C20H34N2O2. The van der Waals surface area contributed by atoms with Gasteiger partial charge >= 0.3 is 0 Å². The number of hydrogen-bond acceptors (Lipinski definition) is 4. The van der Waals surface area contributed by atoms with Crippen molar-refractivity contribution < 1.29 is 9.21 Å². The van der Waals surface area contributed by atoms with Crippen molar-refractivity contribution in [3.8, 4) is 0 Å². The van der Waals surface area contributed by atoms with Gasteiger partial charge in [-0.05, 0) is 32.1 Å². The minimum absolute atomic E-state index is 0.0369. The molecule has 0 atom stereocenters. The van der Waals surface area contributed by atoms with Crippen molar-refractivity contribution in [1.29, 1.82) is 0 Å². The summed E-state index contributed by atoms with van der Waals surface area (Å²) in [6, 6.07) is 0. The van der Waals surface area contributed by atoms with Crippen LogP contribution < -0.4 is 0 Å². The summed E-state index contributed by atoms with van der Waals surface area (Å²) in [6.45, 7) is 2.26. The van der Waals surface area contributed by atoms with Crippen LogP contribution in [-0.4, -0.2) is 16.0 Å². The summed E-state index contributed by atoms with van der Waals surface area (Å²) in [4.78, 5) is 11.6. The van der Waals surface area contributed by atoms with E-state index in [1.54, 1.807) is 0 Å². The lowest BCUT2D eigenvalue weighted by atomic mass is 10.1. The number of carbonyl (C=O) groups excluding carboxylic acids is 1. The van der Waals surface area contributed by atoms with Gasteiger partial charge in [0.2, 0.25) is 12.2 Å². The standard InChI is InChI=1S/C20H34N2O2/c1-2-3-4-5-6-7-8-9-10-11-12-13-14-15-16-17-19(23)20-22-21-18-24-20/h9-10,18H,2-8,11-17H2,1H3/b10-9+. The van der Waals surface area contributed by atoms with E-state index in [2.05, 4.69) is 29.3 Å². The summed E-state index contributed by atoms with van der Waals surface area (Å²) >= 11 is 0. The van der Waals surface area contributed by atoms with Crippen molar-refractivity contribution in [3.63, 3.8) is 0 Å². The molecule has 0 fully saturated rings. The fraction of sp³-hybridized carbons (Fsp3) is 0.750. The Hall–Kier alpha value is -1.45. The Bertz CT molecular complexity index is 427. The lowest BCUT2D eigenvalue weighted by Gasteiger charge is -1.99. The van der Waals surface area contributed by atoms with Gasteiger partial charge in [-0.25, -0.2) is 0 Å². The first-order valence-electron chi connectivity index (χ1n) is 9.79. The highest BCUT2D eigenvalue weighted by Crippen LogP contribution is 2.11. The molecule has 0 spiro atoms. The number of nitrogens with zero attached hydrogens (tertiary/aromatic N) is 2. The molecule has 1 aromatic rings. The molecule has 0 N–H and O–H groups in total. The molecule has 1 heterocycles. The number of Topliss-reactive ketones (excluding diaryl/α,β-unsaturated/α-hetero) is 1. The number of hydrogen-bond donors (Lipinski definition) is 0. The molecule has 0 saturated heterocycles. The summed E-state index contributed by atoms with van der Waals surface area (Å²) in [5, 5.41) is 7.15. The highest BCUT2D eigenvalue weighted by Gasteiger charge is 2.10. The topological polar surface area (TPSA) is 56.0 Å². The SMILES string of the molecule is CCCCCCCC/C=C/CCCCCCCC(=O)c1nnco1. The minimum atomic E-state index is -0.0369. The molecule has 1 aromatic heterocycles. The molecule has 0 saturated carbocycles. The predicted octanol–water partition coefficient (Wildman–Crippen LogP) is 6.29. The Morgan fingerprint density at radius 1 is 0.917 bits per heavy atom. The maximum atomic E-state index is 11.6. The monoisotopic (exact) mass is 334 g/mol. The van der Waals surface area contributed by atoms with Gasteiger partial charge in [-0.3, -0.25) is 4.79 Å². The van der Waals surface area contributed by atoms with Crippen LogP contribution in [0.15, 0.2) is 23.0 Å². The van der Waals surface area contributed by atoms with Gasteiger partial charge in [0.15, 0.2) is 0 Å². The van der Waals surface area contributed by atoms with Gasteiger partial charge in [0.25, 0.3) is 5.89 Å². The summed E-state index contributed by atoms with van der Waals surface area (Å²) in [5.41, 5.74) is 0. The third kappa shape index (κ3) is 11.1. The Balaban J connectivity index is 1.80. The fourth-order valence-electron chi connectivity index (χ4n) is 2.76. The number of ketones is 1. The smallest absolute Gasteiger partial charge is 0.283 e. The Labute approximate surface area is 147 Å². The molecule has 0 aliphatic carbocycles. The van der Waals surface area contributed by atoms with Crippen molar-refractivity contribution in [1.82, 2.24) is 10.2 Å². The van der Waals surface area contributed by atoms with E-state index in [-0.39, 0.29) is 11.7 Å². The fourth-order valence-corrected chi connectivity index (χ4v) is 2.76. The molecule has 0 unspecified atom stereocenters. The molecular weight excluding hydrogens is 300 g/mol. The number of aromatic nitrogens is 2. The number of carbonyl (C=O) groups is 1. The maximum Gasteiger partial charge on any atom is 0.283 e. The normalized spacial score (nSPS) is 11.4. The molecule has 24 heavy (non-hydrogen) atoms. The number of allylic oxidation sites excluding steroid dienone is 2. The average Bonchev–Trinajstić information content (AvgIpc) is 3.13. The number of rotatable bonds is 16. The second-order valence-electron chi connectivity index (χ2n) is 6.50. The van der Waals surface area contributed by atoms with E-state index in [4.69, 9.17) is 4.42 Å². The third-order valence-corrected chi connectivity index (χ3v) is 4.26. The Morgan fingerprint density at radius 2 is 1.50 bits per heavy atom. The molecule has 4 heteroatoms. The van der Waals surface area contributed by atoms with Crippen LogP contribution >= 0.6 is 0 Å². The zero-order valence-corrected chi connectivity index (χ0v) is 15.3. The predicted molar refractivity (Wildman–Crippen MR) is 98.1 cm³/mol. The zero-order chi connectivity index (χ0) is 17.3. The minimum Gasteiger partial charge on any atom is -0.421 e. The van der Waals surface area contributed by atoms with E-state index in [9.17, 15) is 4.79 Å². The van der Waals surface area contributed by atoms with Crippen LogP contribution in [-0.2, 0) is 0 Å². The van der Waals surface area contributed by atoms with Crippen LogP contribution in [0, 0.1) is 0 Å². The third-order valence-electron chi connectivity index (χ3n) is 4.26. The van der Waals surface area contributed by atoms with Gasteiger partial charge in [0, 0.05) is 6.42 Å². The van der Waals surface area contributed by atoms with E-state index in [1.807, 2.05) is 0 Å². The van der Waals surface area contributed by atoms with Crippen LogP contribution in [0.3, 0.4) is 0 Å². The van der Waals surface area contributed by atoms with E-state index < -0.39 is 0 Å². The molecule has 0 aromatic carbocycles. The molecule has 0 amide bonds. The summed E-state index contributed by atoms with van der Waals surface area (Å²) < 4.78 is 4.89. The van der Waals surface area contributed by atoms with Crippen molar-refractivity contribution in [2.24, 2.45) is 0 Å². The van der Waals surface area contributed by atoms with E-state index in [0.29, 0.717) is 6.42 Å².